The molecule has 90 valence electrons. The van der Waals surface area contributed by atoms with Gasteiger partial charge in [-0.15, -0.1) is 11.3 Å². The number of aromatic nitrogens is 2. The molecule has 1 aromatic carbocycles. The lowest BCUT2D eigenvalue weighted by atomic mass is 10.2. The molecule has 2 heterocycles. The molecule has 18 heavy (non-hydrogen) atoms. The van der Waals surface area contributed by atoms with Gasteiger partial charge in [-0.2, -0.15) is 0 Å². The van der Waals surface area contributed by atoms with E-state index in [4.69, 9.17) is 11.6 Å². The Hall–Kier alpha value is 0.01000. The van der Waals surface area contributed by atoms with Crippen molar-refractivity contribution < 1.29 is 0 Å². The third kappa shape index (κ3) is 2.25. The average molecular weight is 499 g/mol. The van der Waals surface area contributed by atoms with Gasteiger partial charge < -0.3 is 0 Å². The van der Waals surface area contributed by atoms with Gasteiger partial charge in [-0.1, -0.05) is 41.9 Å². The van der Waals surface area contributed by atoms with Crippen LogP contribution in [0.4, 0.5) is 0 Å². The van der Waals surface area contributed by atoms with Gasteiger partial charge in [0.1, 0.15) is 5.52 Å². The third-order valence-corrected chi connectivity index (χ3v) is 7.44. The summed E-state index contributed by atoms with van der Waals surface area (Å²) in [6.45, 7) is 0. The third-order valence-electron chi connectivity index (χ3n) is 2.43. The van der Waals surface area contributed by atoms with Crippen LogP contribution < -0.4 is 0 Å². The summed E-state index contributed by atoms with van der Waals surface area (Å²) in [7, 11) is 0. The fourth-order valence-corrected chi connectivity index (χ4v) is 4.45. The Balaban J connectivity index is 2.30. The summed E-state index contributed by atoms with van der Waals surface area (Å²) in [5, 5.41) is 0.532. The first-order valence-corrected chi connectivity index (χ1v) is 8.38. The Labute approximate surface area is 140 Å². The Morgan fingerprint density at radius 1 is 1.06 bits per heavy atom. The highest BCUT2D eigenvalue weighted by Gasteiger charge is 2.15. The second-order valence-corrected chi connectivity index (χ2v) is 7.84. The van der Waals surface area contributed by atoms with Crippen LogP contribution in [0, 0.1) is 6.45 Å². The van der Waals surface area contributed by atoms with Crippen molar-refractivity contribution in [2.75, 3.05) is 0 Å². The topological polar surface area (TPSA) is 25.8 Å². The molecule has 0 saturated heterocycles. The lowest BCUT2D eigenvalue weighted by Gasteiger charge is -2.01. The average Bonchev–Trinajstić information content (AvgIpc) is 2.68. The number of nitrogens with zero attached hydrogens (tertiary/aromatic N) is 2. The molecular formula is C12H5ClI2N2S. The van der Waals surface area contributed by atoms with Crippen LogP contribution in [0.5, 0.6) is 0 Å². The summed E-state index contributed by atoms with van der Waals surface area (Å²) in [5.41, 5.74) is 1.93. The number of rotatable bonds is 1. The first-order valence-electron chi connectivity index (χ1n) is 5.03. The summed E-state index contributed by atoms with van der Waals surface area (Å²) in [5.74, 6) is 0.681. The maximum absolute atomic E-state index is 6.25. The molecule has 0 amide bonds. The Bertz CT molecular complexity index is 728. The fraction of sp³-hybridized carbons (Fsp3) is 0. The molecule has 0 N–H and O–H groups in total. The quantitative estimate of drug-likeness (QED) is 0.340. The Morgan fingerprint density at radius 2 is 1.78 bits per heavy atom. The van der Waals surface area contributed by atoms with Gasteiger partial charge in [0.2, 0.25) is 0 Å². The van der Waals surface area contributed by atoms with Gasteiger partial charge in [0.15, 0.2) is 11.0 Å². The zero-order chi connectivity index (χ0) is 12.7. The van der Waals surface area contributed by atoms with Gasteiger partial charge in [-0.25, -0.2) is 9.97 Å². The zero-order valence-electron chi connectivity index (χ0n) is 8.82. The van der Waals surface area contributed by atoms with Crippen molar-refractivity contribution in [2.24, 2.45) is 0 Å². The Kier molecular flexibility index (Phi) is 3.75. The first kappa shape index (κ1) is 13.0. The molecule has 0 bridgehead atoms. The van der Waals surface area contributed by atoms with Crippen molar-refractivity contribution in [3.63, 3.8) is 0 Å². The zero-order valence-corrected chi connectivity index (χ0v) is 14.7. The number of fused-ring (bicyclic) bond motifs is 1. The van der Waals surface area contributed by atoms with Gasteiger partial charge in [0, 0.05) is 5.56 Å². The summed E-state index contributed by atoms with van der Waals surface area (Å²) < 4.78 is 3.31. The molecule has 0 aliphatic heterocycles. The van der Waals surface area contributed by atoms with Crippen LogP contribution in [0.15, 0.2) is 30.3 Å². The van der Waals surface area contributed by atoms with Crippen LogP contribution >= 0.6 is 68.1 Å². The van der Waals surface area contributed by atoms with E-state index in [1.165, 1.54) is 2.88 Å². The van der Waals surface area contributed by atoms with Gasteiger partial charge in [-0.3, -0.25) is 0 Å². The van der Waals surface area contributed by atoms with E-state index in [0.29, 0.717) is 11.0 Å². The molecule has 0 saturated carbocycles. The molecule has 0 spiro atoms. The van der Waals surface area contributed by atoms with Crippen molar-refractivity contribution in [1.29, 1.82) is 0 Å². The van der Waals surface area contributed by atoms with Crippen molar-refractivity contribution in [3.05, 3.63) is 41.9 Å². The molecule has 2 aromatic heterocycles. The predicted molar refractivity (Wildman–Crippen MR) is 93.3 cm³/mol. The number of benzene rings is 1. The molecule has 0 radical (unpaired) electrons. The van der Waals surface area contributed by atoms with Crippen LogP contribution in [-0.4, -0.2) is 9.97 Å². The lowest BCUT2D eigenvalue weighted by Crippen LogP contribution is -1.90. The molecule has 2 nitrogen and oxygen atoms in total. The summed E-state index contributed by atoms with van der Waals surface area (Å²) in [6, 6.07) is 9.89. The maximum atomic E-state index is 6.25. The largest absolute Gasteiger partial charge is 0.226 e. The van der Waals surface area contributed by atoms with E-state index in [-0.39, 0.29) is 0 Å². The fourth-order valence-electron chi connectivity index (χ4n) is 1.61. The minimum Gasteiger partial charge on any atom is -0.226 e. The van der Waals surface area contributed by atoms with Gasteiger partial charge in [0.05, 0.1) is 11.2 Å². The second kappa shape index (κ2) is 5.18. The molecule has 0 aliphatic rings. The van der Waals surface area contributed by atoms with Crippen LogP contribution in [0.25, 0.3) is 21.6 Å². The normalized spacial score (nSPS) is 11.1. The second-order valence-electron chi connectivity index (χ2n) is 3.57. The molecule has 6 heteroatoms. The summed E-state index contributed by atoms with van der Waals surface area (Å²) in [4.78, 5) is 9.01. The van der Waals surface area contributed by atoms with E-state index >= 15 is 0 Å². The first-order chi connectivity index (χ1) is 8.66. The van der Waals surface area contributed by atoms with Crippen molar-refractivity contribution in [1.82, 2.24) is 9.97 Å². The molecule has 0 atom stereocenters. The van der Waals surface area contributed by atoms with Crippen molar-refractivity contribution >= 4 is 78.3 Å². The highest BCUT2D eigenvalue weighted by Crippen LogP contribution is 2.36. The van der Waals surface area contributed by atoms with E-state index in [9.17, 15) is 0 Å². The van der Waals surface area contributed by atoms with Crippen LogP contribution in [0.1, 0.15) is 0 Å². The van der Waals surface area contributed by atoms with Crippen molar-refractivity contribution in [3.8, 4) is 11.4 Å². The molecule has 3 aromatic rings. The van der Waals surface area contributed by atoms with Gasteiger partial charge >= 0.3 is 0 Å². The number of hydrogen-bond donors (Lipinski definition) is 0. The highest BCUT2D eigenvalue weighted by atomic mass is 127. The smallest absolute Gasteiger partial charge is 0.161 e. The minimum absolute atomic E-state index is 0.532. The number of thiophene rings is 1. The van der Waals surface area contributed by atoms with Gasteiger partial charge in [-0.05, 0) is 45.2 Å². The van der Waals surface area contributed by atoms with E-state index in [0.717, 1.165) is 19.4 Å². The van der Waals surface area contributed by atoms with Crippen LogP contribution in [-0.2, 0) is 0 Å². The number of halogens is 3. The summed E-state index contributed by atoms with van der Waals surface area (Å²) in [6.07, 6.45) is 0. The van der Waals surface area contributed by atoms with E-state index < -0.39 is 0 Å². The Morgan fingerprint density at radius 3 is 2.50 bits per heavy atom. The highest BCUT2D eigenvalue weighted by molar-refractivity contribution is 14.1. The maximum Gasteiger partial charge on any atom is 0.161 e. The van der Waals surface area contributed by atoms with Crippen molar-refractivity contribution in [2.45, 2.75) is 0 Å². The van der Waals surface area contributed by atoms with E-state index in [2.05, 4.69) is 55.1 Å². The van der Waals surface area contributed by atoms with Gasteiger partial charge in [0.25, 0.3) is 0 Å². The van der Waals surface area contributed by atoms with E-state index in [1.54, 1.807) is 11.3 Å². The predicted octanol–water partition coefficient (Wildman–Crippen LogP) is 5.22. The molecule has 0 fully saturated rings. The SMILES string of the molecule is Clc1nc(-c2ccccc2)nc2c(I)c(I)sc12. The number of hydrogen-bond acceptors (Lipinski definition) is 3. The monoisotopic (exact) mass is 498 g/mol. The molecule has 3 rings (SSSR count). The van der Waals surface area contributed by atoms with E-state index in [1.807, 2.05) is 30.3 Å². The van der Waals surface area contributed by atoms with Crippen LogP contribution in [0.2, 0.25) is 5.15 Å². The summed E-state index contributed by atoms with van der Waals surface area (Å²) >= 11 is 12.5. The molecular weight excluding hydrogens is 493 g/mol. The standard InChI is InChI=1S/C12H5ClI2N2S/c13-10-9-8(7(14)11(15)18-9)16-12(17-10)6-4-2-1-3-5-6/h1-5H. The molecule has 0 aliphatic carbocycles. The lowest BCUT2D eigenvalue weighted by molar-refractivity contribution is 1.23. The minimum atomic E-state index is 0.532. The molecule has 0 unspecified atom stereocenters. The van der Waals surface area contributed by atoms with Crippen LogP contribution in [0.3, 0.4) is 0 Å².